The molecule has 1 N–H and O–H groups in total. The molecule has 0 radical (unpaired) electrons. The lowest BCUT2D eigenvalue weighted by atomic mass is 9.96. The number of rotatable bonds is 6. The van der Waals surface area contributed by atoms with E-state index in [9.17, 15) is 4.79 Å². The first-order chi connectivity index (χ1) is 15.8. The van der Waals surface area contributed by atoms with E-state index in [0.29, 0.717) is 11.7 Å². The van der Waals surface area contributed by atoms with Gasteiger partial charge < -0.3 is 19.5 Å². The van der Waals surface area contributed by atoms with Crippen LogP contribution in [-0.2, 0) is 9.53 Å². The molecule has 1 aliphatic rings. The zero-order valence-electron chi connectivity index (χ0n) is 19.8. The Hall–Kier alpha value is -3.19. The van der Waals surface area contributed by atoms with Gasteiger partial charge in [0.2, 0.25) is 0 Å². The smallest absolute Gasteiger partial charge is 0.307 e. The summed E-state index contributed by atoms with van der Waals surface area (Å²) in [6.07, 6.45) is 2.06. The number of hydrogen-bond donors (Lipinski definition) is 1. The van der Waals surface area contributed by atoms with E-state index in [-0.39, 0.29) is 24.5 Å². The van der Waals surface area contributed by atoms with Crippen LogP contribution in [0.5, 0.6) is 0 Å². The van der Waals surface area contributed by atoms with E-state index in [1.165, 1.54) is 23.8 Å². The van der Waals surface area contributed by atoms with E-state index in [2.05, 4.69) is 71.7 Å². The molecule has 2 atom stereocenters. The van der Waals surface area contributed by atoms with Crippen molar-refractivity contribution < 1.29 is 9.53 Å². The molecule has 172 valence electrons. The molecule has 0 unspecified atom stereocenters. The zero-order chi connectivity index (χ0) is 23.7. The lowest BCUT2D eigenvalue weighted by Gasteiger charge is -2.28. The van der Waals surface area contributed by atoms with Gasteiger partial charge in [-0.15, -0.1) is 0 Å². The summed E-state index contributed by atoms with van der Waals surface area (Å²) in [5, 5.41) is 4.08. The fraction of sp³-hybridized carbons (Fsp3) is 0.346. The number of hydrogen-bond acceptors (Lipinski definition) is 4. The monoisotopic (exact) mass is 462 g/mol. The second-order valence-electron chi connectivity index (χ2n) is 8.65. The molecule has 3 aromatic rings. The van der Waals surface area contributed by atoms with Crippen LogP contribution in [0.15, 0.2) is 48.7 Å². The number of esters is 1. The minimum atomic E-state index is -0.251. The third kappa shape index (κ3) is 4.50. The first-order valence-electron chi connectivity index (χ1n) is 11.1. The number of nitrogens with zero attached hydrogens (tertiary/aromatic N) is 3. The molecule has 1 saturated heterocycles. The maximum atomic E-state index is 11.9. The first kappa shape index (κ1) is 23.0. The predicted molar refractivity (Wildman–Crippen MR) is 134 cm³/mol. The van der Waals surface area contributed by atoms with Gasteiger partial charge in [0.25, 0.3) is 0 Å². The lowest BCUT2D eigenvalue weighted by molar-refractivity contribution is -0.140. The largest absolute Gasteiger partial charge is 0.469 e. The second-order valence-corrected chi connectivity index (χ2v) is 9.04. The first-order valence-corrected chi connectivity index (χ1v) is 11.5. The van der Waals surface area contributed by atoms with Gasteiger partial charge in [0.05, 0.1) is 31.3 Å². The van der Waals surface area contributed by atoms with Crippen LogP contribution in [0.3, 0.4) is 0 Å². The van der Waals surface area contributed by atoms with E-state index in [4.69, 9.17) is 17.0 Å². The molecule has 1 aromatic carbocycles. The molecule has 0 saturated carbocycles. The van der Waals surface area contributed by atoms with Crippen LogP contribution in [0.4, 0.5) is 0 Å². The van der Waals surface area contributed by atoms with Crippen LogP contribution in [0.1, 0.15) is 52.3 Å². The third-order valence-electron chi connectivity index (χ3n) is 6.24. The molecule has 6 nitrogen and oxygen atoms in total. The molecule has 0 spiro atoms. The van der Waals surface area contributed by atoms with Crippen molar-refractivity contribution in [1.29, 1.82) is 0 Å². The number of aryl methyl sites for hydroxylation is 3. The van der Waals surface area contributed by atoms with Gasteiger partial charge in [0, 0.05) is 29.8 Å². The van der Waals surface area contributed by atoms with Crippen molar-refractivity contribution in [3.8, 4) is 5.69 Å². The SMILES string of the molecule is COC(=O)CCN1C(=S)N[C@H](c2ccccn2)[C@H]1c1cc(C)n(-c2cc(C)cc(C)c2)c1C. The highest BCUT2D eigenvalue weighted by Gasteiger charge is 2.41. The van der Waals surface area contributed by atoms with Gasteiger partial charge in [0.15, 0.2) is 5.11 Å². The number of ether oxygens (including phenoxy) is 1. The van der Waals surface area contributed by atoms with Gasteiger partial charge in [-0.3, -0.25) is 9.78 Å². The van der Waals surface area contributed by atoms with Gasteiger partial charge in [-0.25, -0.2) is 0 Å². The molecule has 2 aromatic heterocycles. The van der Waals surface area contributed by atoms with Gasteiger partial charge in [-0.2, -0.15) is 0 Å². The highest BCUT2D eigenvalue weighted by atomic mass is 32.1. The average molecular weight is 463 g/mol. The Morgan fingerprint density at radius 3 is 2.48 bits per heavy atom. The predicted octanol–water partition coefficient (Wildman–Crippen LogP) is 4.64. The topological polar surface area (TPSA) is 59.4 Å². The number of aromatic nitrogens is 2. The van der Waals surface area contributed by atoms with E-state index in [1.54, 1.807) is 6.20 Å². The van der Waals surface area contributed by atoms with Crippen LogP contribution >= 0.6 is 12.2 Å². The summed E-state index contributed by atoms with van der Waals surface area (Å²) in [6, 6.07) is 14.5. The van der Waals surface area contributed by atoms with Gasteiger partial charge >= 0.3 is 5.97 Å². The van der Waals surface area contributed by atoms with E-state index < -0.39 is 0 Å². The molecular weight excluding hydrogens is 432 g/mol. The van der Waals surface area contributed by atoms with E-state index in [0.717, 1.165) is 22.8 Å². The van der Waals surface area contributed by atoms with Crippen molar-refractivity contribution in [3.05, 3.63) is 82.4 Å². The molecule has 33 heavy (non-hydrogen) atoms. The number of methoxy groups -OCH3 is 1. The fourth-order valence-electron chi connectivity index (χ4n) is 4.86. The number of carbonyl (C=O) groups is 1. The number of pyridine rings is 1. The average Bonchev–Trinajstić information content (AvgIpc) is 3.26. The minimum absolute atomic E-state index is 0.0945. The minimum Gasteiger partial charge on any atom is -0.469 e. The summed E-state index contributed by atoms with van der Waals surface area (Å²) < 4.78 is 7.18. The molecule has 7 heteroatoms. The number of nitrogens with one attached hydrogen (secondary N) is 1. The zero-order valence-corrected chi connectivity index (χ0v) is 20.6. The Balaban J connectivity index is 1.81. The molecule has 1 aliphatic heterocycles. The Kier molecular flexibility index (Phi) is 6.51. The Labute approximate surface area is 200 Å². The van der Waals surface area contributed by atoms with Gasteiger partial charge in [0.1, 0.15) is 0 Å². The second kappa shape index (κ2) is 9.35. The number of benzene rings is 1. The number of thiocarbonyl (C=S) groups is 1. The Morgan fingerprint density at radius 2 is 1.85 bits per heavy atom. The lowest BCUT2D eigenvalue weighted by Crippen LogP contribution is -2.32. The molecule has 1 fully saturated rings. The van der Waals surface area contributed by atoms with Crippen LogP contribution in [0, 0.1) is 27.7 Å². The summed E-state index contributed by atoms with van der Waals surface area (Å²) in [4.78, 5) is 18.6. The van der Waals surface area contributed by atoms with Gasteiger partial charge in [-0.05, 0) is 86.9 Å². The molecule has 0 amide bonds. The molecular formula is C26H30N4O2S. The fourth-order valence-corrected chi connectivity index (χ4v) is 5.19. The third-order valence-corrected chi connectivity index (χ3v) is 6.59. The van der Waals surface area contributed by atoms with Crippen molar-refractivity contribution >= 4 is 23.3 Å². The Bertz CT molecular complexity index is 1170. The molecule has 4 rings (SSSR count). The number of carbonyl (C=O) groups excluding carboxylic acids is 1. The van der Waals surface area contributed by atoms with E-state index >= 15 is 0 Å². The quantitative estimate of drug-likeness (QED) is 0.425. The van der Waals surface area contributed by atoms with Crippen molar-refractivity contribution in [2.24, 2.45) is 0 Å². The molecule has 0 aliphatic carbocycles. The standard InChI is InChI=1S/C26H30N4O2S/c1-16-12-17(2)14-20(13-16)30-18(3)15-21(19(30)4)25-24(22-8-6-7-10-27-22)28-26(33)29(25)11-9-23(31)32-5/h6-8,10,12-15,24-25H,9,11H2,1-5H3,(H,28,33)/t24-,25-/m1/s1. The molecule has 3 heterocycles. The summed E-state index contributed by atoms with van der Waals surface area (Å²) >= 11 is 5.72. The van der Waals surface area contributed by atoms with Crippen LogP contribution < -0.4 is 5.32 Å². The summed E-state index contributed by atoms with van der Waals surface area (Å²) in [7, 11) is 1.41. The molecule has 0 bridgehead atoms. The van der Waals surface area contributed by atoms with Crippen LogP contribution in [0.25, 0.3) is 5.69 Å². The van der Waals surface area contributed by atoms with Crippen LogP contribution in [0.2, 0.25) is 0 Å². The summed E-state index contributed by atoms with van der Waals surface area (Å²) in [5.41, 5.74) is 8.00. The van der Waals surface area contributed by atoms with Crippen molar-refractivity contribution in [2.45, 2.75) is 46.2 Å². The van der Waals surface area contributed by atoms with E-state index in [1.807, 2.05) is 18.2 Å². The normalized spacial score (nSPS) is 17.8. The Morgan fingerprint density at radius 1 is 1.12 bits per heavy atom. The summed E-state index contributed by atoms with van der Waals surface area (Å²) in [5.74, 6) is -0.251. The highest BCUT2D eigenvalue weighted by Crippen LogP contribution is 2.41. The van der Waals surface area contributed by atoms with Crippen molar-refractivity contribution in [3.63, 3.8) is 0 Å². The van der Waals surface area contributed by atoms with Crippen LogP contribution in [-0.4, -0.2) is 39.2 Å². The van der Waals surface area contributed by atoms with Crippen molar-refractivity contribution in [1.82, 2.24) is 19.8 Å². The summed E-state index contributed by atoms with van der Waals surface area (Å²) in [6.45, 7) is 8.99. The maximum absolute atomic E-state index is 11.9. The highest BCUT2D eigenvalue weighted by molar-refractivity contribution is 7.80. The van der Waals surface area contributed by atoms with Crippen molar-refractivity contribution in [2.75, 3.05) is 13.7 Å². The van der Waals surface area contributed by atoms with Gasteiger partial charge in [-0.1, -0.05) is 12.1 Å². The maximum Gasteiger partial charge on any atom is 0.307 e.